The number of guanidine groups is 1. The van der Waals surface area contributed by atoms with E-state index in [9.17, 15) is 0 Å². The molecule has 5 aliphatic heterocycles. The van der Waals surface area contributed by atoms with E-state index in [0.29, 0.717) is 12.1 Å². The van der Waals surface area contributed by atoms with Gasteiger partial charge in [0.25, 0.3) is 0 Å². The third-order valence-electron chi connectivity index (χ3n) is 6.41. The molecule has 5 heteroatoms. The summed E-state index contributed by atoms with van der Waals surface area (Å²) in [5.74, 6) is 1.20. The number of hydrogen-bond acceptors (Lipinski definition) is 4. The minimum atomic E-state index is -0.121. The molecule has 2 N–H and O–H groups in total. The van der Waals surface area contributed by atoms with E-state index in [1.54, 1.807) is 0 Å². The zero-order valence-electron chi connectivity index (χ0n) is 13.4. The maximum absolute atomic E-state index is 6.24. The number of ether oxygens (including phenoxy) is 2. The van der Waals surface area contributed by atoms with Gasteiger partial charge in [0.05, 0.1) is 25.3 Å². The van der Waals surface area contributed by atoms with Crippen LogP contribution in [-0.2, 0) is 9.47 Å². The molecular weight excluding hydrogens is 278 g/mol. The minimum absolute atomic E-state index is 0.121. The molecule has 0 saturated carbocycles. The number of nitrogens with one attached hydrogen (secondary N) is 2. The zero-order valence-corrected chi connectivity index (χ0v) is 13.4. The van der Waals surface area contributed by atoms with Crippen molar-refractivity contribution in [2.75, 3.05) is 13.2 Å². The van der Waals surface area contributed by atoms with Crippen LogP contribution in [-0.4, -0.2) is 47.3 Å². The fourth-order valence-electron chi connectivity index (χ4n) is 5.41. The predicted molar refractivity (Wildman–Crippen MR) is 82.7 cm³/mol. The highest BCUT2D eigenvalue weighted by Gasteiger charge is 2.56. The Labute approximate surface area is 132 Å². The van der Waals surface area contributed by atoms with Crippen molar-refractivity contribution < 1.29 is 14.0 Å². The molecule has 22 heavy (non-hydrogen) atoms. The molecule has 0 unspecified atom stereocenters. The molecule has 2 spiro atoms. The van der Waals surface area contributed by atoms with Crippen LogP contribution >= 0.6 is 0 Å². The summed E-state index contributed by atoms with van der Waals surface area (Å²) in [6.07, 6.45) is 12.1. The Kier molecular flexibility index (Phi) is 3.00. The quantitative estimate of drug-likeness (QED) is 0.668. The molecule has 0 aromatic carbocycles. The summed E-state index contributed by atoms with van der Waals surface area (Å²) in [7, 11) is 0. The van der Waals surface area contributed by atoms with Gasteiger partial charge in [-0.3, -0.25) is 4.58 Å². The average molecular weight is 306 g/mol. The van der Waals surface area contributed by atoms with Crippen LogP contribution in [0.3, 0.4) is 0 Å². The van der Waals surface area contributed by atoms with Gasteiger partial charge in [-0.2, -0.15) is 0 Å². The van der Waals surface area contributed by atoms with E-state index in [-0.39, 0.29) is 11.4 Å². The van der Waals surface area contributed by atoms with Crippen LogP contribution in [0.5, 0.6) is 0 Å². The molecule has 0 amide bonds. The molecule has 3 fully saturated rings. The van der Waals surface area contributed by atoms with E-state index in [1.165, 1.54) is 44.5 Å². The monoisotopic (exact) mass is 306 g/mol. The van der Waals surface area contributed by atoms with Crippen molar-refractivity contribution in [3.8, 4) is 0 Å². The molecule has 122 valence electrons. The van der Waals surface area contributed by atoms with Crippen molar-refractivity contribution >= 4 is 5.96 Å². The van der Waals surface area contributed by atoms with Crippen LogP contribution < -0.4 is 10.6 Å². The molecule has 0 radical (unpaired) electrons. The van der Waals surface area contributed by atoms with Gasteiger partial charge in [0.1, 0.15) is 0 Å². The molecule has 0 aliphatic carbocycles. The lowest BCUT2D eigenvalue weighted by Crippen LogP contribution is -2.72. The zero-order chi connectivity index (χ0) is 14.6. The van der Waals surface area contributed by atoms with Crippen LogP contribution in [0.1, 0.15) is 64.2 Å². The van der Waals surface area contributed by atoms with Gasteiger partial charge < -0.3 is 9.47 Å². The Balaban J connectivity index is 1.47. The largest absolute Gasteiger partial charge is 0.350 e. The molecule has 5 nitrogen and oxygen atoms in total. The number of nitrogens with zero attached hydrogens (tertiary/aromatic N) is 1. The highest BCUT2D eigenvalue weighted by atomic mass is 16.5. The summed E-state index contributed by atoms with van der Waals surface area (Å²) in [6.45, 7) is 1.80. The standard InChI is InChI=1S/C17H27N3O2/c1-3-9-21-16(7-1)11-13-5-6-14-12-17(8-2-4-10-22-17)19-15(18-16)20(13)14/h13-14H,1-12H2,(H,18,19)/p+1/t13-,14+,16-,17-/m0/s1. The summed E-state index contributed by atoms with van der Waals surface area (Å²) in [4.78, 5) is 0. The van der Waals surface area contributed by atoms with Crippen LogP contribution in [0.4, 0.5) is 0 Å². The van der Waals surface area contributed by atoms with E-state index in [2.05, 4.69) is 15.2 Å². The summed E-state index contributed by atoms with van der Waals surface area (Å²) in [5, 5.41) is 7.54. The van der Waals surface area contributed by atoms with E-state index in [0.717, 1.165) is 38.9 Å². The van der Waals surface area contributed by atoms with Gasteiger partial charge in [-0.05, 0) is 38.5 Å². The summed E-state index contributed by atoms with van der Waals surface area (Å²) >= 11 is 0. The smallest absolute Gasteiger partial charge is 0.343 e. The molecule has 0 aromatic heterocycles. The summed E-state index contributed by atoms with van der Waals surface area (Å²) in [5.41, 5.74) is -0.242. The van der Waals surface area contributed by atoms with Crippen molar-refractivity contribution in [1.29, 1.82) is 0 Å². The van der Waals surface area contributed by atoms with Crippen molar-refractivity contribution in [2.45, 2.75) is 87.7 Å². The predicted octanol–water partition coefficient (Wildman–Crippen LogP) is 1.67. The maximum Gasteiger partial charge on any atom is 0.350 e. The van der Waals surface area contributed by atoms with Crippen LogP contribution in [0.15, 0.2) is 0 Å². The highest BCUT2D eigenvalue weighted by Crippen LogP contribution is 2.41. The first-order valence-electron chi connectivity index (χ1n) is 9.27. The van der Waals surface area contributed by atoms with Crippen molar-refractivity contribution in [2.24, 2.45) is 0 Å². The van der Waals surface area contributed by atoms with E-state index in [4.69, 9.17) is 9.47 Å². The molecule has 3 saturated heterocycles. The summed E-state index contributed by atoms with van der Waals surface area (Å²) in [6, 6.07) is 1.29. The lowest BCUT2D eigenvalue weighted by Gasteiger charge is -2.47. The Morgan fingerprint density at radius 1 is 0.818 bits per heavy atom. The lowest BCUT2D eigenvalue weighted by atomic mass is 9.91. The molecule has 4 atom stereocenters. The van der Waals surface area contributed by atoms with Gasteiger partial charge in [0.15, 0.2) is 11.4 Å². The summed E-state index contributed by atoms with van der Waals surface area (Å²) < 4.78 is 15.1. The fraction of sp³-hybridized carbons (Fsp3) is 0.941. The maximum atomic E-state index is 6.24. The SMILES string of the molecule is C1CC[C@@]2(C[C@H]3CC[C@H]4C[C@@]5(CCCCO5)NC(=[N+]34)N2)OC1. The first-order chi connectivity index (χ1) is 10.8. The van der Waals surface area contributed by atoms with Gasteiger partial charge in [0.2, 0.25) is 0 Å². The lowest BCUT2D eigenvalue weighted by molar-refractivity contribution is -0.602. The normalized spacial score (nSPS) is 47.3. The van der Waals surface area contributed by atoms with Gasteiger partial charge in [0, 0.05) is 25.7 Å². The van der Waals surface area contributed by atoms with Crippen LogP contribution in [0, 0.1) is 0 Å². The van der Waals surface area contributed by atoms with Gasteiger partial charge in [-0.15, -0.1) is 0 Å². The second-order valence-electron chi connectivity index (χ2n) is 7.90. The number of hydrogen-bond donors (Lipinski definition) is 2. The van der Waals surface area contributed by atoms with Gasteiger partial charge in [-0.25, -0.2) is 10.6 Å². The highest BCUT2D eigenvalue weighted by molar-refractivity contribution is 5.77. The van der Waals surface area contributed by atoms with E-state index >= 15 is 0 Å². The molecule has 5 rings (SSSR count). The molecule has 0 aromatic rings. The second-order valence-corrected chi connectivity index (χ2v) is 7.90. The Bertz CT molecular complexity index is 450. The molecule has 5 aliphatic rings. The van der Waals surface area contributed by atoms with Crippen molar-refractivity contribution in [1.82, 2.24) is 10.6 Å². The molecule has 0 bridgehead atoms. The Morgan fingerprint density at radius 2 is 1.36 bits per heavy atom. The third-order valence-corrected chi connectivity index (χ3v) is 6.41. The first kappa shape index (κ1) is 13.6. The second kappa shape index (κ2) is 4.84. The van der Waals surface area contributed by atoms with Gasteiger partial charge in [-0.1, -0.05) is 0 Å². The molecule has 5 heterocycles. The third kappa shape index (κ3) is 2.01. The minimum Gasteiger partial charge on any atom is -0.343 e. The van der Waals surface area contributed by atoms with Crippen molar-refractivity contribution in [3.63, 3.8) is 0 Å². The van der Waals surface area contributed by atoms with Gasteiger partial charge >= 0.3 is 5.96 Å². The van der Waals surface area contributed by atoms with Crippen LogP contribution in [0.25, 0.3) is 0 Å². The Morgan fingerprint density at radius 3 is 1.82 bits per heavy atom. The average Bonchev–Trinajstić information content (AvgIpc) is 2.91. The molecular formula is C17H28N3O2+. The van der Waals surface area contributed by atoms with Crippen molar-refractivity contribution in [3.05, 3.63) is 0 Å². The first-order valence-corrected chi connectivity index (χ1v) is 9.27. The van der Waals surface area contributed by atoms with Crippen LogP contribution in [0.2, 0.25) is 0 Å². The topological polar surface area (TPSA) is 45.5 Å². The number of rotatable bonds is 0. The van der Waals surface area contributed by atoms with E-state index in [1.807, 2.05) is 0 Å². The van der Waals surface area contributed by atoms with E-state index < -0.39 is 0 Å². The fourth-order valence-corrected chi connectivity index (χ4v) is 5.41. The Hall–Kier alpha value is -0.810.